The van der Waals surface area contributed by atoms with E-state index < -0.39 is 47.7 Å². The second kappa shape index (κ2) is 22.2. The fraction of sp³-hybridized carbons (Fsp3) is 0.340. The number of rotatable bonds is 21. The summed E-state index contributed by atoms with van der Waals surface area (Å²) < 4.78 is 32.9. The number of epoxide rings is 1. The van der Waals surface area contributed by atoms with Crippen LogP contribution in [0.2, 0.25) is 0 Å². The highest BCUT2D eigenvalue weighted by atomic mass is 16.6. The van der Waals surface area contributed by atoms with Gasteiger partial charge in [-0.2, -0.15) is 20.8 Å². The summed E-state index contributed by atoms with van der Waals surface area (Å²) in [5.41, 5.74) is 1.13. The van der Waals surface area contributed by atoms with E-state index in [1.54, 1.807) is 67.6 Å². The molecular formula is C53H52N4O11. The zero-order chi connectivity index (χ0) is 49.0. The molecule has 1 aliphatic heterocycles. The van der Waals surface area contributed by atoms with Gasteiger partial charge in [-0.3, -0.25) is 9.59 Å². The number of nitrogens with zero attached hydrogens (tertiary/aromatic N) is 4. The zero-order valence-corrected chi connectivity index (χ0v) is 38.5. The lowest BCUT2D eigenvalue weighted by Crippen LogP contribution is -2.35. The zero-order valence-electron chi connectivity index (χ0n) is 38.5. The number of allylic oxidation sites excluding steroid dienone is 1. The van der Waals surface area contributed by atoms with Gasteiger partial charge in [0.2, 0.25) is 0 Å². The molecule has 5 unspecified atom stereocenters. The Morgan fingerprint density at radius 1 is 0.779 bits per heavy atom. The average molecular weight is 921 g/mol. The summed E-state index contributed by atoms with van der Waals surface area (Å²) in [6.45, 7) is 12.5. The minimum absolute atomic E-state index is 0.104. The van der Waals surface area contributed by atoms with Crippen molar-refractivity contribution in [2.24, 2.45) is 33.4 Å². The first-order valence-electron chi connectivity index (χ1n) is 22.0. The van der Waals surface area contributed by atoms with Crippen molar-refractivity contribution >= 4 is 47.1 Å². The van der Waals surface area contributed by atoms with E-state index in [0.717, 1.165) is 18.9 Å². The van der Waals surface area contributed by atoms with Crippen LogP contribution in [0.5, 0.6) is 17.2 Å². The smallest absolute Gasteiger partial charge is 0.343 e. The molecule has 4 aromatic rings. The van der Waals surface area contributed by atoms with Crippen LogP contribution in [0.1, 0.15) is 93.0 Å². The monoisotopic (exact) mass is 920 g/mol. The van der Waals surface area contributed by atoms with Gasteiger partial charge in [-0.15, -0.1) is 0 Å². The van der Waals surface area contributed by atoms with Crippen LogP contribution in [0.15, 0.2) is 126 Å². The van der Waals surface area contributed by atoms with Crippen LogP contribution in [0.4, 0.5) is 11.4 Å². The molecule has 2 fully saturated rings. The van der Waals surface area contributed by atoms with Crippen molar-refractivity contribution in [1.82, 2.24) is 0 Å². The second-order valence-corrected chi connectivity index (χ2v) is 18.1. The Labute approximate surface area is 395 Å². The maximum absolute atomic E-state index is 12.9. The number of benzene rings is 4. The van der Waals surface area contributed by atoms with Gasteiger partial charge in [-0.05, 0) is 154 Å². The van der Waals surface area contributed by atoms with Gasteiger partial charge in [-0.1, -0.05) is 32.6 Å². The number of carbonyl (C=O) groups excluding carboxylic acids is 5. The molecule has 0 amide bonds. The fourth-order valence-electron chi connectivity index (χ4n) is 8.21. The summed E-state index contributed by atoms with van der Waals surface area (Å²) in [6, 6.07) is 29.6. The molecule has 0 aromatic heterocycles. The van der Waals surface area contributed by atoms with Crippen molar-refractivity contribution in [3.05, 3.63) is 132 Å². The molecular weight excluding hydrogens is 869 g/mol. The van der Waals surface area contributed by atoms with Crippen molar-refractivity contribution in [1.29, 1.82) is 10.5 Å². The number of ether oxygens (including phenoxy) is 6. The third-order valence-electron chi connectivity index (χ3n) is 11.1. The summed E-state index contributed by atoms with van der Waals surface area (Å²) in [5, 5.41) is 27.8. The molecule has 1 heterocycles. The predicted octanol–water partition coefficient (Wildman–Crippen LogP) is 10.6. The molecule has 0 N–H and O–H groups in total. The summed E-state index contributed by atoms with van der Waals surface area (Å²) in [5.74, 6) is -3.45. The van der Waals surface area contributed by atoms with Gasteiger partial charge >= 0.3 is 23.9 Å². The van der Waals surface area contributed by atoms with Crippen LogP contribution in [0.25, 0.3) is 6.08 Å². The summed E-state index contributed by atoms with van der Waals surface area (Å²) in [4.78, 5) is 63.0. The van der Waals surface area contributed by atoms with Crippen LogP contribution in [-0.2, 0) is 28.6 Å². The molecule has 1 saturated carbocycles. The van der Waals surface area contributed by atoms with E-state index in [1.165, 1.54) is 42.5 Å². The largest absolute Gasteiger partial charge is 0.488 e. The second-order valence-electron chi connectivity index (χ2n) is 18.1. The van der Waals surface area contributed by atoms with Crippen molar-refractivity contribution in [3.8, 4) is 29.4 Å². The highest BCUT2D eigenvalue weighted by molar-refractivity contribution is 5.95. The Morgan fingerprint density at radius 3 is 1.81 bits per heavy atom. The third-order valence-corrected chi connectivity index (χ3v) is 11.1. The number of esters is 4. The van der Waals surface area contributed by atoms with E-state index in [-0.39, 0.29) is 58.6 Å². The minimum atomic E-state index is -1.21. The number of fused-ring (bicyclic) bond motifs is 1. The Morgan fingerprint density at radius 2 is 1.32 bits per heavy atom. The summed E-state index contributed by atoms with van der Waals surface area (Å²) in [6.07, 6.45) is 5.92. The lowest BCUT2D eigenvalue weighted by Gasteiger charge is -2.34. The molecule has 15 nitrogen and oxygen atoms in total. The number of hydrogen-bond acceptors (Lipinski definition) is 15. The maximum atomic E-state index is 12.9. The Balaban J connectivity index is 0.911. The first-order valence-corrected chi connectivity index (χ1v) is 22.0. The Hall–Kier alpha value is -7.75. The highest BCUT2D eigenvalue weighted by Gasteiger charge is 2.51. The van der Waals surface area contributed by atoms with E-state index >= 15 is 0 Å². The van der Waals surface area contributed by atoms with Crippen LogP contribution < -0.4 is 14.2 Å². The van der Waals surface area contributed by atoms with Gasteiger partial charge in [-0.25, -0.2) is 14.4 Å². The van der Waals surface area contributed by atoms with Crippen molar-refractivity contribution in [2.45, 2.75) is 84.5 Å². The topological polar surface area (TPSA) is 216 Å². The van der Waals surface area contributed by atoms with Gasteiger partial charge in [0.25, 0.3) is 0 Å². The normalized spacial score (nSPS) is 17.2. The molecule has 68 heavy (non-hydrogen) atoms. The molecule has 15 heteroatoms. The SMILES string of the molecule is C=C(C)OC(=O)CC(C)(C)CC(C)(C)Oc1ccc(N=Nc2ccc(OC(=O)c3ccc(C(=O)Oc4ccc(/C=C/C(=O)OCC(=O)C(C#N)C(C#N)CC5CCC6OC56)cc4)cc3)cc2)cc1. The van der Waals surface area contributed by atoms with Crippen molar-refractivity contribution in [2.75, 3.05) is 6.61 Å². The van der Waals surface area contributed by atoms with Crippen LogP contribution in [-0.4, -0.2) is 54.1 Å². The maximum Gasteiger partial charge on any atom is 0.343 e. The minimum Gasteiger partial charge on any atom is -0.488 e. The van der Waals surface area contributed by atoms with Crippen molar-refractivity contribution in [3.63, 3.8) is 0 Å². The number of hydrogen-bond donors (Lipinski definition) is 0. The highest BCUT2D eigenvalue weighted by Crippen LogP contribution is 2.46. The van der Waals surface area contributed by atoms with E-state index in [2.05, 4.69) is 22.9 Å². The Bertz CT molecular complexity index is 2640. The van der Waals surface area contributed by atoms with Crippen molar-refractivity contribution < 1.29 is 52.4 Å². The molecule has 4 aromatic carbocycles. The van der Waals surface area contributed by atoms with Gasteiger partial charge in [0, 0.05) is 6.08 Å². The van der Waals surface area contributed by atoms with E-state index in [9.17, 15) is 34.5 Å². The first kappa shape index (κ1) is 49.7. The molecule has 0 bridgehead atoms. The van der Waals surface area contributed by atoms with Gasteiger partial charge in [0.05, 0.1) is 64.9 Å². The number of azo groups is 1. The lowest BCUT2D eigenvalue weighted by molar-refractivity contribution is -0.144. The van der Waals surface area contributed by atoms with Gasteiger partial charge < -0.3 is 28.4 Å². The summed E-state index contributed by atoms with van der Waals surface area (Å²) >= 11 is 0. The number of Topliss-reactive ketones (excluding diaryl/α,β-unsaturated/α-hetero) is 1. The van der Waals surface area contributed by atoms with E-state index in [4.69, 9.17) is 28.4 Å². The molecule has 1 aliphatic carbocycles. The van der Waals surface area contributed by atoms with E-state index in [0.29, 0.717) is 41.3 Å². The third kappa shape index (κ3) is 14.6. The molecule has 0 spiro atoms. The van der Waals surface area contributed by atoms with Crippen LogP contribution in [0, 0.1) is 45.8 Å². The molecule has 2 aliphatic rings. The molecule has 0 radical (unpaired) electrons. The quantitative estimate of drug-likeness (QED) is 0.0190. The number of carbonyl (C=O) groups is 5. The standard InChI is InChI=1S/C53H52N4O11/c1-33(2)64-48(60)28-52(3,4)32-53(5,6)68-43-23-17-40(18-24-43)57-56-39-15-21-42(22-16-39)66-51(62)36-12-10-35(11-13-36)50(61)65-41-19-7-34(8-20-41)9-26-47(59)63-31-45(58)44(30-55)38(29-54)27-37-14-25-46-49(37)67-46/h7-13,15-24,26,37-38,44,46,49H,1,14,25,27-28,31-32H2,2-6H3/b26-9+,57-56?. The Kier molecular flexibility index (Phi) is 16.2. The molecule has 350 valence electrons. The lowest BCUT2D eigenvalue weighted by atomic mass is 9.79. The first-order chi connectivity index (χ1) is 32.4. The number of ketones is 1. The number of nitriles is 2. The fourth-order valence-corrected chi connectivity index (χ4v) is 8.21. The van der Waals surface area contributed by atoms with Gasteiger partial charge in [0.15, 0.2) is 12.4 Å². The van der Waals surface area contributed by atoms with Crippen LogP contribution in [0.3, 0.4) is 0 Å². The summed E-state index contributed by atoms with van der Waals surface area (Å²) in [7, 11) is 0. The molecule has 5 atom stereocenters. The average Bonchev–Trinajstić information content (AvgIpc) is 3.97. The molecule has 6 rings (SSSR count). The predicted molar refractivity (Wildman–Crippen MR) is 248 cm³/mol. The van der Waals surface area contributed by atoms with E-state index in [1.807, 2.05) is 33.8 Å². The van der Waals surface area contributed by atoms with Gasteiger partial charge in [0.1, 0.15) is 28.8 Å². The van der Waals surface area contributed by atoms with Crippen LogP contribution >= 0.6 is 0 Å². The molecule has 1 saturated heterocycles.